The van der Waals surface area contributed by atoms with Crippen molar-refractivity contribution in [3.05, 3.63) is 34.9 Å². The van der Waals surface area contributed by atoms with Crippen molar-refractivity contribution in [2.75, 3.05) is 6.61 Å². The minimum atomic E-state index is -0.0366. The highest BCUT2D eigenvalue weighted by molar-refractivity contribution is 6.30. The molecule has 20 heavy (non-hydrogen) atoms. The van der Waals surface area contributed by atoms with Gasteiger partial charge in [-0.1, -0.05) is 30.2 Å². The van der Waals surface area contributed by atoms with Crippen molar-refractivity contribution in [2.45, 2.75) is 45.2 Å². The Bertz CT molecular complexity index is 433. The zero-order valence-corrected chi connectivity index (χ0v) is 12.7. The van der Waals surface area contributed by atoms with Crippen LogP contribution in [0.3, 0.4) is 0 Å². The lowest BCUT2D eigenvalue weighted by atomic mass is 9.85. The molecule has 2 unspecified atom stereocenters. The number of carbonyl (C=O) groups excluding carboxylic acids is 1. The second-order valence-electron chi connectivity index (χ2n) is 5.32. The van der Waals surface area contributed by atoms with E-state index < -0.39 is 0 Å². The number of carbonyl (C=O) groups is 1. The Kier molecular flexibility index (Phi) is 5.86. The summed E-state index contributed by atoms with van der Waals surface area (Å²) in [6.07, 6.45) is 4.05. The minimum absolute atomic E-state index is 0.0366. The summed E-state index contributed by atoms with van der Waals surface area (Å²) in [5.41, 5.74) is 1.22. The van der Waals surface area contributed by atoms with Gasteiger partial charge in [0.15, 0.2) is 0 Å². The van der Waals surface area contributed by atoms with E-state index in [4.69, 9.17) is 16.3 Å². The Morgan fingerprint density at radius 3 is 2.80 bits per heavy atom. The number of rotatable bonds is 5. The predicted molar refractivity (Wildman–Crippen MR) is 80.7 cm³/mol. The van der Waals surface area contributed by atoms with Gasteiger partial charge in [0.25, 0.3) is 0 Å². The van der Waals surface area contributed by atoms with Gasteiger partial charge in [0.05, 0.1) is 12.5 Å². The number of benzene rings is 1. The maximum atomic E-state index is 11.8. The number of hydrogen-bond acceptors (Lipinski definition) is 3. The molecule has 4 heteroatoms. The summed E-state index contributed by atoms with van der Waals surface area (Å²) in [5.74, 6) is 0.0249. The Morgan fingerprint density at radius 2 is 2.10 bits per heavy atom. The van der Waals surface area contributed by atoms with E-state index in [1.165, 1.54) is 5.56 Å². The molecule has 0 aliphatic heterocycles. The van der Waals surface area contributed by atoms with Crippen LogP contribution in [0.5, 0.6) is 0 Å². The number of ether oxygens (including phenoxy) is 1. The van der Waals surface area contributed by atoms with Crippen LogP contribution in [0.1, 0.15) is 38.2 Å². The molecular weight excluding hydrogens is 274 g/mol. The molecule has 0 aromatic heterocycles. The van der Waals surface area contributed by atoms with Crippen molar-refractivity contribution in [2.24, 2.45) is 5.92 Å². The summed E-state index contributed by atoms with van der Waals surface area (Å²) in [7, 11) is 0. The van der Waals surface area contributed by atoms with Crippen molar-refractivity contribution in [3.63, 3.8) is 0 Å². The maximum Gasteiger partial charge on any atom is 0.308 e. The highest BCUT2D eigenvalue weighted by atomic mass is 35.5. The topological polar surface area (TPSA) is 38.3 Å². The molecule has 0 heterocycles. The van der Waals surface area contributed by atoms with Crippen molar-refractivity contribution in [1.82, 2.24) is 5.32 Å². The van der Waals surface area contributed by atoms with Crippen molar-refractivity contribution in [1.29, 1.82) is 0 Å². The van der Waals surface area contributed by atoms with Crippen LogP contribution < -0.4 is 5.32 Å². The third-order valence-electron chi connectivity index (χ3n) is 3.80. The van der Waals surface area contributed by atoms with Crippen LogP contribution in [0.15, 0.2) is 24.3 Å². The summed E-state index contributed by atoms with van der Waals surface area (Å²) in [6, 6.07) is 8.26. The first kappa shape index (κ1) is 15.3. The van der Waals surface area contributed by atoms with Gasteiger partial charge in [0, 0.05) is 17.6 Å². The van der Waals surface area contributed by atoms with Crippen molar-refractivity contribution in [3.8, 4) is 0 Å². The molecule has 2 atom stereocenters. The third kappa shape index (κ3) is 4.50. The van der Waals surface area contributed by atoms with E-state index in [2.05, 4.69) is 5.32 Å². The highest BCUT2D eigenvalue weighted by Crippen LogP contribution is 2.25. The van der Waals surface area contributed by atoms with E-state index in [9.17, 15) is 4.79 Å². The van der Waals surface area contributed by atoms with Crippen LogP contribution in [0.2, 0.25) is 5.02 Å². The number of halogens is 1. The van der Waals surface area contributed by atoms with Crippen molar-refractivity contribution >= 4 is 17.6 Å². The second-order valence-corrected chi connectivity index (χ2v) is 5.76. The summed E-state index contributed by atoms with van der Waals surface area (Å²) >= 11 is 5.87. The van der Waals surface area contributed by atoms with E-state index in [0.717, 1.165) is 37.3 Å². The number of nitrogens with one attached hydrogen (secondary N) is 1. The Morgan fingerprint density at radius 1 is 1.35 bits per heavy atom. The lowest BCUT2D eigenvalue weighted by molar-refractivity contribution is -0.149. The van der Waals surface area contributed by atoms with Gasteiger partial charge < -0.3 is 10.1 Å². The summed E-state index contributed by atoms with van der Waals surface area (Å²) in [4.78, 5) is 11.8. The molecule has 1 saturated carbocycles. The smallest absolute Gasteiger partial charge is 0.308 e. The van der Waals surface area contributed by atoms with Gasteiger partial charge >= 0.3 is 5.97 Å². The van der Waals surface area contributed by atoms with Crippen LogP contribution in [-0.4, -0.2) is 18.6 Å². The SMILES string of the molecule is CCOC(=O)C1CCCC(NCc2ccc(Cl)cc2)C1. The number of esters is 1. The fraction of sp³-hybridized carbons (Fsp3) is 0.562. The zero-order chi connectivity index (χ0) is 14.4. The molecule has 1 fully saturated rings. The standard InChI is InChI=1S/C16H22ClNO2/c1-2-20-16(19)13-4-3-5-15(10-13)18-11-12-6-8-14(17)9-7-12/h6-9,13,15,18H,2-5,10-11H2,1H3. The zero-order valence-electron chi connectivity index (χ0n) is 11.9. The lowest BCUT2D eigenvalue weighted by Crippen LogP contribution is -2.36. The monoisotopic (exact) mass is 295 g/mol. The molecule has 2 rings (SSSR count). The molecule has 0 saturated heterocycles. The van der Waals surface area contributed by atoms with E-state index >= 15 is 0 Å². The predicted octanol–water partition coefficient (Wildman–Crippen LogP) is 3.55. The van der Waals surface area contributed by atoms with E-state index in [0.29, 0.717) is 12.6 Å². The summed E-state index contributed by atoms with van der Waals surface area (Å²) in [6.45, 7) is 3.15. The van der Waals surface area contributed by atoms with Gasteiger partial charge in [-0.05, 0) is 43.9 Å². The number of hydrogen-bond donors (Lipinski definition) is 1. The first-order valence-electron chi connectivity index (χ1n) is 7.33. The van der Waals surface area contributed by atoms with E-state index in [1.807, 2.05) is 31.2 Å². The molecule has 0 radical (unpaired) electrons. The Hall–Kier alpha value is -1.06. The van der Waals surface area contributed by atoms with Crippen LogP contribution in [0, 0.1) is 5.92 Å². The molecule has 110 valence electrons. The van der Waals surface area contributed by atoms with Crippen LogP contribution in [0.25, 0.3) is 0 Å². The van der Waals surface area contributed by atoms with Gasteiger partial charge in [0.1, 0.15) is 0 Å². The van der Waals surface area contributed by atoms with Gasteiger partial charge in [-0.2, -0.15) is 0 Å². The molecule has 0 spiro atoms. The summed E-state index contributed by atoms with van der Waals surface area (Å²) in [5, 5.41) is 4.29. The van der Waals surface area contributed by atoms with Crippen LogP contribution in [0.4, 0.5) is 0 Å². The fourth-order valence-corrected chi connectivity index (χ4v) is 2.84. The molecular formula is C16H22ClNO2. The quantitative estimate of drug-likeness (QED) is 0.844. The molecule has 1 aromatic rings. The molecule has 0 bridgehead atoms. The van der Waals surface area contributed by atoms with Crippen LogP contribution >= 0.6 is 11.6 Å². The van der Waals surface area contributed by atoms with Gasteiger partial charge in [-0.3, -0.25) is 4.79 Å². The Balaban J connectivity index is 1.80. The molecule has 1 aliphatic carbocycles. The lowest BCUT2D eigenvalue weighted by Gasteiger charge is -2.28. The second kappa shape index (κ2) is 7.65. The molecule has 0 amide bonds. The van der Waals surface area contributed by atoms with Gasteiger partial charge in [-0.15, -0.1) is 0 Å². The molecule has 1 N–H and O–H groups in total. The van der Waals surface area contributed by atoms with Gasteiger partial charge in [-0.25, -0.2) is 0 Å². The van der Waals surface area contributed by atoms with E-state index in [-0.39, 0.29) is 11.9 Å². The van der Waals surface area contributed by atoms with E-state index in [1.54, 1.807) is 0 Å². The fourth-order valence-electron chi connectivity index (χ4n) is 2.71. The molecule has 1 aromatic carbocycles. The molecule has 1 aliphatic rings. The largest absolute Gasteiger partial charge is 0.466 e. The Labute approximate surface area is 125 Å². The molecule has 3 nitrogen and oxygen atoms in total. The average Bonchev–Trinajstić information content (AvgIpc) is 2.47. The average molecular weight is 296 g/mol. The maximum absolute atomic E-state index is 11.8. The van der Waals surface area contributed by atoms with Gasteiger partial charge in [0.2, 0.25) is 0 Å². The van der Waals surface area contributed by atoms with Crippen LogP contribution in [-0.2, 0) is 16.1 Å². The summed E-state index contributed by atoms with van der Waals surface area (Å²) < 4.78 is 5.12. The first-order chi connectivity index (χ1) is 9.69. The van der Waals surface area contributed by atoms with Crippen molar-refractivity contribution < 1.29 is 9.53 Å². The normalized spacial score (nSPS) is 22.5. The third-order valence-corrected chi connectivity index (χ3v) is 4.05. The first-order valence-corrected chi connectivity index (χ1v) is 7.71. The minimum Gasteiger partial charge on any atom is -0.466 e. The highest BCUT2D eigenvalue weighted by Gasteiger charge is 2.27.